The molecule has 9 nitrogen and oxygen atoms in total. The Labute approximate surface area is 208 Å². The number of ether oxygens (including phenoxy) is 3. The van der Waals surface area contributed by atoms with Crippen LogP contribution in [0.25, 0.3) is 5.76 Å². The number of amides is 1. The number of aliphatic hydroxyl groups is 1. The number of aliphatic hydroxyl groups excluding tert-OH is 1. The van der Waals surface area contributed by atoms with Crippen LogP contribution in [-0.4, -0.2) is 47.1 Å². The Bertz CT molecular complexity index is 1350. The fourth-order valence-corrected chi connectivity index (χ4v) is 4.67. The average molecular weight is 542 g/mol. The summed E-state index contributed by atoms with van der Waals surface area (Å²) in [6, 6.07) is 10.3. The van der Waals surface area contributed by atoms with Gasteiger partial charge in [0.2, 0.25) is 0 Å². The summed E-state index contributed by atoms with van der Waals surface area (Å²) in [4.78, 5) is 27.7. The summed E-state index contributed by atoms with van der Waals surface area (Å²) in [5.41, 5.74) is 0.620. The van der Waals surface area contributed by atoms with Gasteiger partial charge >= 0.3 is 0 Å². The number of Topliss-reactive ketones (excluding diaryl/α,β-unsaturated/α-hetero) is 1. The van der Waals surface area contributed by atoms with Gasteiger partial charge < -0.3 is 33.7 Å². The molecule has 1 saturated heterocycles. The van der Waals surface area contributed by atoms with Gasteiger partial charge in [-0.2, -0.15) is 0 Å². The van der Waals surface area contributed by atoms with Crippen LogP contribution in [0.2, 0.25) is 0 Å². The standard InChI is InChI=1S/C25H20BrNO8/c1-32-19-11-14(9-16(26)23(19)29)21-20(24(30)25(31)27(21)12-15-3-2-6-33-15)22(28)13-4-5-17-18(10-13)35-8-7-34-17/h2-6,9-11,21,28-29H,7-8,12H2,1H3/b22-20+/t21-/m1/s1. The number of benzene rings is 2. The highest BCUT2D eigenvalue weighted by molar-refractivity contribution is 9.10. The molecule has 0 saturated carbocycles. The van der Waals surface area contributed by atoms with E-state index >= 15 is 0 Å². The van der Waals surface area contributed by atoms with Gasteiger partial charge in [-0.25, -0.2) is 0 Å². The molecule has 1 aromatic heterocycles. The van der Waals surface area contributed by atoms with Crippen LogP contribution in [0.4, 0.5) is 0 Å². The third kappa shape index (κ3) is 3.99. The lowest BCUT2D eigenvalue weighted by atomic mass is 9.94. The average Bonchev–Trinajstić information content (AvgIpc) is 3.47. The molecule has 2 aromatic carbocycles. The zero-order chi connectivity index (χ0) is 24.7. The Balaban J connectivity index is 1.68. The van der Waals surface area contributed by atoms with Crippen molar-refractivity contribution in [3.63, 3.8) is 0 Å². The first-order valence-corrected chi connectivity index (χ1v) is 11.5. The van der Waals surface area contributed by atoms with Crippen molar-refractivity contribution in [2.75, 3.05) is 20.3 Å². The number of hydrogen-bond acceptors (Lipinski definition) is 8. The van der Waals surface area contributed by atoms with Crippen molar-refractivity contribution in [1.29, 1.82) is 0 Å². The van der Waals surface area contributed by atoms with Crippen molar-refractivity contribution in [2.45, 2.75) is 12.6 Å². The number of halogens is 1. The van der Waals surface area contributed by atoms with E-state index in [1.807, 2.05) is 0 Å². The molecule has 0 spiro atoms. The fraction of sp³-hybridized carbons (Fsp3) is 0.200. The second-order valence-corrected chi connectivity index (χ2v) is 8.77. The van der Waals surface area contributed by atoms with Crippen LogP contribution in [0, 0.1) is 0 Å². The molecule has 2 N–H and O–H groups in total. The van der Waals surface area contributed by atoms with E-state index in [0.717, 1.165) is 0 Å². The van der Waals surface area contributed by atoms with Crippen molar-refractivity contribution in [2.24, 2.45) is 0 Å². The molecular weight excluding hydrogens is 522 g/mol. The Kier molecular flexibility index (Phi) is 5.89. The van der Waals surface area contributed by atoms with Crippen molar-refractivity contribution in [3.05, 3.63) is 75.7 Å². The van der Waals surface area contributed by atoms with Crippen LogP contribution in [0.3, 0.4) is 0 Å². The molecule has 1 fully saturated rings. The van der Waals surface area contributed by atoms with Gasteiger partial charge in [-0.1, -0.05) is 0 Å². The molecule has 1 atom stereocenters. The maximum absolute atomic E-state index is 13.2. The molecule has 2 aliphatic heterocycles. The van der Waals surface area contributed by atoms with Crippen LogP contribution < -0.4 is 14.2 Å². The molecule has 1 amide bonds. The topological polar surface area (TPSA) is 119 Å². The summed E-state index contributed by atoms with van der Waals surface area (Å²) >= 11 is 3.29. The van der Waals surface area contributed by atoms with Crippen molar-refractivity contribution in [3.8, 4) is 23.0 Å². The minimum absolute atomic E-state index is 0.0129. The quantitative estimate of drug-likeness (QED) is 0.281. The molecule has 0 aliphatic carbocycles. The number of fused-ring (bicyclic) bond motifs is 1. The number of methoxy groups -OCH3 is 1. The number of aromatic hydroxyl groups is 1. The Morgan fingerprint density at radius 1 is 1.14 bits per heavy atom. The number of hydrogen-bond donors (Lipinski definition) is 2. The van der Waals surface area contributed by atoms with Crippen molar-refractivity contribution >= 4 is 33.4 Å². The summed E-state index contributed by atoms with van der Waals surface area (Å²) in [7, 11) is 1.39. The molecule has 5 rings (SSSR count). The molecule has 180 valence electrons. The second kappa shape index (κ2) is 9.03. The molecule has 3 aromatic rings. The number of rotatable bonds is 5. The number of nitrogens with zero attached hydrogens (tertiary/aromatic N) is 1. The lowest BCUT2D eigenvalue weighted by Gasteiger charge is -2.25. The first-order valence-electron chi connectivity index (χ1n) is 10.7. The fourth-order valence-electron chi connectivity index (χ4n) is 4.21. The number of carbonyl (C=O) groups is 2. The number of likely N-dealkylation sites (tertiary alicyclic amines) is 1. The van der Waals surface area contributed by atoms with E-state index < -0.39 is 17.7 Å². The predicted molar refractivity (Wildman–Crippen MR) is 126 cm³/mol. The van der Waals surface area contributed by atoms with Crippen molar-refractivity contribution < 1.29 is 38.4 Å². The Hall–Kier alpha value is -3.92. The van der Waals surface area contributed by atoms with Gasteiger partial charge in [-0.15, -0.1) is 0 Å². The minimum Gasteiger partial charge on any atom is -0.507 e. The van der Waals surface area contributed by atoms with Gasteiger partial charge in [0, 0.05) is 5.56 Å². The first-order chi connectivity index (χ1) is 16.9. The molecule has 3 heterocycles. The molecule has 0 bridgehead atoms. The lowest BCUT2D eigenvalue weighted by molar-refractivity contribution is -0.140. The molecule has 35 heavy (non-hydrogen) atoms. The summed E-state index contributed by atoms with van der Waals surface area (Å²) in [5, 5.41) is 21.6. The summed E-state index contributed by atoms with van der Waals surface area (Å²) in [6.07, 6.45) is 1.47. The van der Waals surface area contributed by atoms with Crippen LogP contribution >= 0.6 is 15.9 Å². The maximum Gasteiger partial charge on any atom is 0.296 e. The number of furan rings is 1. The highest BCUT2D eigenvalue weighted by Gasteiger charge is 2.47. The third-order valence-electron chi connectivity index (χ3n) is 5.85. The number of carbonyl (C=O) groups excluding carboxylic acids is 2. The zero-order valence-electron chi connectivity index (χ0n) is 18.5. The van der Waals surface area contributed by atoms with E-state index in [2.05, 4.69) is 15.9 Å². The number of phenolic OH excluding ortho intramolecular Hbond substituents is 1. The lowest BCUT2D eigenvalue weighted by Crippen LogP contribution is -2.29. The first kappa shape index (κ1) is 22.9. The van der Waals surface area contributed by atoms with Gasteiger partial charge in [0.1, 0.15) is 24.7 Å². The maximum atomic E-state index is 13.2. The van der Waals surface area contributed by atoms with E-state index in [-0.39, 0.29) is 29.4 Å². The van der Waals surface area contributed by atoms with E-state index in [0.29, 0.717) is 46.1 Å². The highest BCUT2D eigenvalue weighted by Crippen LogP contribution is 2.45. The van der Waals surface area contributed by atoms with Gasteiger partial charge in [-0.3, -0.25) is 9.59 Å². The Morgan fingerprint density at radius 2 is 1.91 bits per heavy atom. The molecule has 0 radical (unpaired) electrons. The van der Waals surface area contributed by atoms with Crippen LogP contribution in [-0.2, 0) is 16.1 Å². The summed E-state index contributed by atoms with van der Waals surface area (Å²) < 4.78 is 22.1. The van der Waals surface area contributed by atoms with Gasteiger partial charge in [0.05, 0.1) is 36.0 Å². The normalized spacial score (nSPS) is 18.7. The molecule has 10 heteroatoms. The monoisotopic (exact) mass is 541 g/mol. The number of ketones is 1. The summed E-state index contributed by atoms with van der Waals surface area (Å²) in [6.45, 7) is 0.751. The van der Waals surface area contributed by atoms with E-state index in [1.165, 1.54) is 24.3 Å². The van der Waals surface area contributed by atoms with Crippen LogP contribution in [0.5, 0.6) is 23.0 Å². The Morgan fingerprint density at radius 3 is 2.63 bits per heavy atom. The van der Waals surface area contributed by atoms with E-state index in [4.69, 9.17) is 18.6 Å². The van der Waals surface area contributed by atoms with Crippen molar-refractivity contribution in [1.82, 2.24) is 4.90 Å². The largest absolute Gasteiger partial charge is 0.507 e. The zero-order valence-corrected chi connectivity index (χ0v) is 20.1. The van der Waals surface area contributed by atoms with Gasteiger partial charge in [0.15, 0.2) is 23.0 Å². The number of phenols is 1. The molecule has 2 aliphatic rings. The smallest absolute Gasteiger partial charge is 0.296 e. The molecular formula is C25H20BrNO8. The second-order valence-electron chi connectivity index (χ2n) is 7.92. The van der Waals surface area contributed by atoms with Crippen LogP contribution in [0.1, 0.15) is 22.9 Å². The predicted octanol–water partition coefficient (Wildman–Crippen LogP) is 4.15. The van der Waals surface area contributed by atoms with Crippen LogP contribution in [0.15, 0.2) is 63.2 Å². The highest BCUT2D eigenvalue weighted by atomic mass is 79.9. The SMILES string of the molecule is COc1cc([C@@H]2/C(=C(\O)c3ccc4c(c3)OCCO4)C(=O)C(=O)N2Cc2ccco2)cc(Br)c1O. The van der Waals surface area contributed by atoms with E-state index in [9.17, 15) is 19.8 Å². The van der Waals surface area contributed by atoms with Gasteiger partial charge in [0.25, 0.3) is 11.7 Å². The minimum atomic E-state index is -0.987. The molecule has 0 unspecified atom stereocenters. The van der Waals surface area contributed by atoms with E-state index in [1.54, 1.807) is 36.4 Å². The summed E-state index contributed by atoms with van der Waals surface area (Å²) in [5.74, 6) is -0.601. The van der Waals surface area contributed by atoms with Gasteiger partial charge in [-0.05, 0) is 64.0 Å². The third-order valence-corrected chi connectivity index (χ3v) is 6.45.